The molecule has 0 aliphatic heterocycles. The van der Waals surface area contributed by atoms with Crippen molar-refractivity contribution in [2.45, 2.75) is 6.92 Å². The third kappa shape index (κ3) is 2.71. The van der Waals surface area contributed by atoms with Gasteiger partial charge in [0, 0.05) is 10.7 Å². The van der Waals surface area contributed by atoms with E-state index in [-0.39, 0.29) is 5.91 Å². The number of carbonyl (C=O) groups is 1. The molecule has 0 radical (unpaired) electrons. The molecule has 0 aliphatic rings. The Balaban J connectivity index is 2.28. The van der Waals surface area contributed by atoms with Crippen LogP contribution in [0.25, 0.3) is 0 Å². The normalized spacial score (nSPS) is 10.2. The molecule has 0 saturated carbocycles. The maximum atomic E-state index is 12.1. The molecule has 1 aromatic carbocycles. The summed E-state index contributed by atoms with van der Waals surface area (Å²) in [4.78, 5) is 16.0. The lowest BCUT2D eigenvalue weighted by Gasteiger charge is -2.09. The standard InChI is InChI=1S/C13H10BrClN2O/c1-8-3-2-4-9(12(8)14)13(18)17-11-7-16-6-5-10(11)15/h2-7H,1H3,(H,17,18). The van der Waals surface area contributed by atoms with Gasteiger partial charge in [-0.15, -0.1) is 0 Å². The van der Waals surface area contributed by atoms with Crippen molar-refractivity contribution < 1.29 is 4.79 Å². The van der Waals surface area contributed by atoms with Crippen LogP contribution in [0.3, 0.4) is 0 Å². The van der Waals surface area contributed by atoms with Gasteiger partial charge in [-0.3, -0.25) is 9.78 Å². The van der Waals surface area contributed by atoms with Crippen LogP contribution >= 0.6 is 27.5 Å². The van der Waals surface area contributed by atoms with E-state index in [1.807, 2.05) is 19.1 Å². The molecule has 92 valence electrons. The molecule has 18 heavy (non-hydrogen) atoms. The molecule has 5 heteroatoms. The highest BCUT2D eigenvalue weighted by Gasteiger charge is 2.12. The number of halogens is 2. The zero-order valence-electron chi connectivity index (χ0n) is 9.58. The maximum absolute atomic E-state index is 12.1. The summed E-state index contributed by atoms with van der Waals surface area (Å²) >= 11 is 9.36. The first-order valence-corrected chi connectivity index (χ1v) is 6.42. The predicted octanol–water partition coefficient (Wildman–Crippen LogP) is 4.06. The topological polar surface area (TPSA) is 42.0 Å². The number of hydrogen-bond acceptors (Lipinski definition) is 2. The molecule has 2 rings (SSSR count). The number of rotatable bonds is 2. The number of nitrogens with one attached hydrogen (secondary N) is 1. The van der Waals surface area contributed by atoms with Crippen molar-refractivity contribution >= 4 is 39.1 Å². The summed E-state index contributed by atoms with van der Waals surface area (Å²) in [6.45, 7) is 1.93. The molecule has 0 bridgehead atoms. The fraction of sp³-hybridized carbons (Fsp3) is 0.0769. The fourth-order valence-corrected chi connectivity index (χ4v) is 2.08. The molecule has 0 aliphatic carbocycles. The fourth-order valence-electron chi connectivity index (χ4n) is 1.48. The van der Waals surface area contributed by atoms with Gasteiger partial charge in [-0.2, -0.15) is 0 Å². The molecule has 1 aromatic heterocycles. The van der Waals surface area contributed by atoms with E-state index in [0.29, 0.717) is 16.3 Å². The van der Waals surface area contributed by atoms with E-state index in [2.05, 4.69) is 26.2 Å². The summed E-state index contributed by atoms with van der Waals surface area (Å²) in [7, 11) is 0. The van der Waals surface area contributed by atoms with E-state index in [4.69, 9.17) is 11.6 Å². The second-order valence-electron chi connectivity index (χ2n) is 3.75. The molecule has 1 heterocycles. The highest BCUT2D eigenvalue weighted by molar-refractivity contribution is 9.10. The SMILES string of the molecule is Cc1cccc(C(=O)Nc2cnccc2Cl)c1Br. The summed E-state index contributed by atoms with van der Waals surface area (Å²) < 4.78 is 0.780. The van der Waals surface area contributed by atoms with E-state index in [1.165, 1.54) is 6.20 Å². The van der Waals surface area contributed by atoms with Crippen molar-refractivity contribution in [1.82, 2.24) is 4.98 Å². The first-order valence-electron chi connectivity index (χ1n) is 5.25. The molecule has 0 saturated heterocycles. The molecule has 0 unspecified atom stereocenters. The van der Waals surface area contributed by atoms with Crippen molar-refractivity contribution in [2.75, 3.05) is 5.32 Å². The number of nitrogens with zero attached hydrogens (tertiary/aromatic N) is 1. The summed E-state index contributed by atoms with van der Waals surface area (Å²) in [5, 5.41) is 3.19. The van der Waals surface area contributed by atoms with Crippen LogP contribution in [0, 0.1) is 6.92 Å². The number of amides is 1. The quantitative estimate of drug-likeness (QED) is 0.905. The average molecular weight is 326 g/mol. The van der Waals surface area contributed by atoms with Crippen LogP contribution in [0.1, 0.15) is 15.9 Å². The number of benzene rings is 1. The molecule has 1 amide bonds. The van der Waals surface area contributed by atoms with Crippen LogP contribution in [-0.4, -0.2) is 10.9 Å². The van der Waals surface area contributed by atoms with Crippen molar-refractivity contribution in [3.8, 4) is 0 Å². The van der Waals surface area contributed by atoms with E-state index in [9.17, 15) is 4.79 Å². The van der Waals surface area contributed by atoms with Crippen molar-refractivity contribution in [1.29, 1.82) is 0 Å². The van der Waals surface area contributed by atoms with Crippen LogP contribution in [0.2, 0.25) is 5.02 Å². The minimum Gasteiger partial charge on any atom is -0.319 e. The van der Waals surface area contributed by atoms with Crippen LogP contribution in [0.4, 0.5) is 5.69 Å². The molecule has 1 N–H and O–H groups in total. The summed E-state index contributed by atoms with van der Waals surface area (Å²) in [6, 6.07) is 7.14. The highest BCUT2D eigenvalue weighted by atomic mass is 79.9. The Hall–Kier alpha value is -1.39. The smallest absolute Gasteiger partial charge is 0.256 e. The Bertz CT molecular complexity index is 601. The first kappa shape index (κ1) is 13.1. The number of hydrogen-bond donors (Lipinski definition) is 1. The van der Waals surface area contributed by atoms with E-state index in [1.54, 1.807) is 18.3 Å². The number of carbonyl (C=O) groups excluding carboxylic acids is 1. The van der Waals surface area contributed by atoms with Crippen LogP contribution in [0.5, 0.6) is 0 Å². The predicted molar refractivity (Wildman–Crippen MR) is 76.1 cm³/mol. The number of aromatic nitrogens is 1. The number of anilines is 1. The average Bonchev–Trinajstić information content (AvgIpc) is 2.35. The third-order valence-corrected chi connectivity index (χ3v) is 3.83. The summed E-state index contributed by atoms with van der Waals surface area (Å²) in [6.07, 6.45) is 3.09. The minimum atomic E-state index is -0.222. The van der Waals surface area contributed by atoms with E-state index >= 15 is 0 Å². The van der Waals surface area contributed by atoms with Gasteiger partial charge in [-0.25, -0.2) is 0 Å². The van der Waals surface area contributed by atoms with Gasteiger partial charge in [-0.1, -0.05) is 23.7 Å². The largest absolute Gasteiger partial charge is 0.319 e. The lowest BCUT2D eigenvalue weighted by molar-refractivity contribution is 0.102. The van der Waals surface area contributed by atoms with Gasteiger partial charge in [0.2, 0.25) is 0 Å². The monoisotopic (exact) mass is 324 g/mol. The van der Waals surface area contributed by atoms with Crippen LogP contribution < -0.4 is 5.32 Å². The molecular weight excluding hydrogens is 316 g/mol. The Kier molecular flexibility index (Phi) is 3.99. The van der Waals surface area contributed by atoms with Crippen LogP contribution in [0.15, 0.2) is 41.1 Å². The zero-order chi connectivity index (χ0) is 13.1. The van der Waals surface area contributed by atoms with Gasteiger partial charge in [0.05, 0.1) is 22.5 Å². The van der Waals surface area contributed by atoms with Crippen molar-refractivity contribution in [3.05, 3.63) is 57.3 Å². The van der Waals surface area contributed by atoms with E-state index < -0.39 is 0 Å². The minimum absolute atomic E-state index is 0.222. The van der Waals surface area contributed by atoms with Gasteiger partial charge in [-0.05, 0) is 40.5 Å². The Labute approximate surface area is 118 Å². The maximum Gasteiger partial charge on any atom is 0.256 e. The second kappa shape index (κ2) is 5.50. The van der Waals surface area contributed by atoms with E-state index in [0.717, 1.165) is 10.0 Å². The molecule has 3 nitrogen and oxygen atoms in total. The Morgan fingerprint density at radius 2 is 2.17 bits per heavy atom. The second-order valence-corrected chi connectivity index (χ2v) is 4.95. The van der Waals surface area contributed by atoms with Gasteiger partial charge >= 0.3 is 0 Å². The molecule has 2 aromatic rings. The molecule has 0 fully saturated rings. The first-order chi connectivity index (χ1) is 8.59. The molecular formula is C13H10BrClN2O. The van der Waals surface area contributed by atoms with Crippen LogP contribution in [-0.2, 0) is 0 Å². The van der Waals surface area contributed by atoms with Gasteiger partial charge in [0.25, 0.3) is 5.91 Å². The van der Waals surface area contributed by atoms with Crippen molar-refractivity contribution in [2.24, 2.45) is 0 Å². The Morgan fingerprint density at radius 3 is 2.89 bits per heavy atom. The molecule has 0 spiro atoms. The summed E-state index contributed by atoms with van der Waals surface area (Å²) in [5.74, 6) is -0.222. The third-order valence-electron chi connectivity index (χ3n) is 2.45. The van der Waals surface area contributed by atoms with Gasteiger partial charge in [0.15, 0.2) is 0 Å². The molecule has 0 atom stereocenters. The lowest BCUT2D eigenvalue weighted by atomic mass is 10.1. The van der Waals surface area contributed by atoms with Gasteiger partial charge < -0.3 is 5.32 Å². The lowest BCUT2D eigenvalue weighted by Crippen LogP contribution is -2.13. The highest BCUT2D eigenvalue weighted by Crippen LogP contribution is 2.24. The Morgan fingerprint density at radius 1 is 1.39 bits per heavy atom. The summed E-state index contributed by atoms with van der Waals surface area (Å²) in [5.41, 5.74) is 2.06. The van der Waals surface area contributed by atoms with Gasteiger partial charge in [0.1, 0.15) is 0 Å². The number of pyridine rings is 1. The van der Waals surface area contributed by atoms with Crippen molar-refractivity contribution in [3.63, 3.8) is 0 Å². The number of aryl methyl sites for hydroxylation is 1. The zero-order valence-corrected chi connectivity index (χ0v) is 11.9.